The lowest BCUT2D eigenvalue weighted by Gasteiger charge is -2.27. The SMILES string of the molecule is C=N/C(=C\C=C(/C)NC(=O)[C@](C)(N)CC)Oc1cccc2c1C1(CC1)COC2. The van der Waals surface area contributed by atoms with Gasteiger partial charge in [-0.1, -0.05) is 19.1 Å². The summed E-state index contributed by atoms with van der Waals surface area (Å²) in [6.07, 6.45) is 6.21. The molecule has 1 atom stereocenters. The number of nitrogens with one attached hydrogen (secondary N) is 1. The average molecular weight is 383 g/mol. The third-order valence-corrected chi connectivity index (χ3v) is 5.54. The molecular formula is C22H29N3O3. The molecule has 1 fully saturated rings. The average Bonchev–Trinajstić information content (AvgIpc) is 3.44. The summed E-state index contributed by atoms with van der Waals surface area (Å²) in [6.45, 7) is 10.3. The van der Waals surface area contributed by atoms with Crippen LogP contribution in [0.3, 0.4) is 0 Å². The summed E-state index contributed by atoms with van der Waals surface area (Å²) in [5, 5.41) is 2.81. The number of rotatable bonds is 7. The van der Waals surface area contributed by atoms with E-state index in [2.05, 4.69) is 23.1 Å². The van der Waals surface area contributed by atoms with Gasteiger partial charge in [0.15, 0.2) is 0 Å². The van der Waals surface area contributed by atoms with E-state index >= 15 is 0 Å². The molecule has 28 heavy (non-hydrogen) atoms. The van der Waals surface area contributed by atoms with Crippen LogP contribution in [0.1, 0.15) is 51.2 Å². The van der Waals surface area contributed by atoms with Crippen molar-refractivity contribution in [3.05, 3.63) is 53.1 Å². The van der Waals surface area contributed by atoms with Crippen molar-refractivity contribution in [3.63, 3.8) is 0 Å². The Morgan fingerprint density at radius 1 is 1.46 bits per heavy atom. The van der Waals surface area contributed by atoms with Gasteiger partial charge in [0.05, 0.1) is 18.8 Å². The molecule has 6 nitrogen and oxygen atoms in total. The summed E-state index contributed by atoms with van der Waals surface area (Å²) in [7, 11) is 0. The van der Waals surface area contributed by atoms with E-state index in [0.29, 0.717) is 24.6 Å². The van der Waals surface area contributed by atoms with Crippen molar-refractivity contribution in [1.29, 1.82) is 0 Å². The molecule has 2 aliphatic rings. The minimum atomic E-state index is -0.904. The first-order valence-corrected chi connectivity index (χ1v) is 9.65. The van der Waals surface area contributed by atoms with Gasteiger partial charge in [-0.15, -0.1) is 0 Å². The highest BCUT2D eigenvalue weighted by Gasteiger charge is 2.49. The largest absolute Gasteiger partial charge is 0.439 e. The fourth-order valence-corrected chi connectivity index (χ4v) is 3.31. The fraction of sp³-hybridized carbons (Fsp3) is 0.455. The number of carbonyl (C=O) groups is 1. The molecule has 0 saturated heterocycles. The molecule has 3 rings (SSSR count). The molecule has 1 aliphatic carbocycles. The number of amides is 1. The highest BCUT2D eigenvalue weighted by atomic mass is 16.5. The molecule has 1 aromatic carbocycles. The van der Waals surface area contributed by atoms with Gasteiger partial charge >= 0.3 is 0 Å². The van der Waals surface area contributed by atoms with E-state index in [1.165, 1.54) is 11.1 Å². The highest BCUT2D eigenvalue weighted by molar-refractivity contribution is 5.86. The lowest BCUT2D eigenvalue weighted by atomic mass is 9.89. The van der Waals surface area contributed by atoms with Gasteiger partial charge in [-0.25, -0.2) is 4.99 Å². The number of nitrogens with two attached hydrogens (primary N) is 1. The lowest BCUT2D eigenvalue weighted by molar-refractivity contribution is -0.125. The molecular weight excluding hydrogens is 354 g/mol. The minimum absolute atomic E-state index is 0.0852. The summed E-state index contributed by atoms with van der Waals surface area (Å²) in [5.74, 6) is 0.946. The zero-order valence-corrected chi connectivity index (χ0v) is 16.9. The van der Waals surface area contributed by atoms with Crippen molar-refractivity contribution in [2.45, 2.75) is 57.6 Å². The Kier molecular flexibility index (Phi) is 5.72. The molecule has 150 valence electrons. The van der Waals surface area contributed by atoms with Crippen molar-refractivity contribution < 1.29 is 14.3 Å². The van der Waals surface area contributed by atoms with Gasteiger partial charge in [0.1, 0.15) is 5.75 Å². The van der Waals surface area contributed by atoms with Gasteiger partial charge in [0.2, 0.25) is 11.8 Å². The predicted molar refractivity (Wildman–Crippen MR) is 110 cm³/mol. The summed E-state index contributed by atoms with van der Waals surface area (Å²) in [4.78, 5) is 16.2. The highest BCUT2D eigenvalue weighted by Crippen LogP contribution is 2.55. The first-order valence-electron chi connectivity index (χ1n) is 9.65. The van der Waals surface area contributed by atoms with Crippen LogP contribution in [-0.4, -0.2) is 24.8 Å². The molecule has 1 amide bonds. The van der Waals surface area contributed by atoms with Crippen LogP contribution in [0.4, 0.5) is 0 Å². The number of fused-ring (bicyclic) bond motifs is 2. The number of allylic oxidation sites excluding steroid dienone is 3. The Morgan fingerprint density at radius 2 is 2.21 bits per heavy atom. The molecule has 3 N–H and O–H groups in total. The monoisotopic (exact) mass is 383 g/mol. The van der Waals surface area contributed by atoms with Gasteiger partial charge in [0.25, 0.3) is 0 Å². The first kappa shape index (κ1) is 20.3. The molecule has 1 heterocycles. The standard InChI is InChI=1S/C22H29N3O3/c1-5-21(3,23)20(26)25-15(2)9-10-18(24-4)28-17-8-6-7-16-13-27-14-22(11-12-22)19(16)17/h6-10H,4-5,11-14,23H2,1-3H3,(H,25,26)/b15-9+,18-10+/t21-/m1/s1. The quantitative estimate of drug-likeness (QED) is 0.430. The molecule has 1 spiro atoms. The molecule has 1 saturated carbocycles. The van der Waals surface area contributed by atoms with E-state index in [9.17, 15) is 4.79 Å². The van der Waals surface area contributed by atoms with Gasteiger partial charge in [-0.2, -0.15) is 0 Å². The predicted octanol–water partition coefficient (Wildman–Crippen LogP) is 3.32. The number of aliphatic imine (C=N–C) groups is 1. The zero-order valence-electron chi connectivity index (χ0n) is 16.9. The van der Waals surface area contributed by atoms with Crippen molar-refractivity contribution >= 4 is 12.6 Å². The zero-order chi connectivity index (χ0) is 20.4. The van der Waals surface area contributed by atoms with Gasteiger partial charge < -0.3 is 20.5 Å². The number of hydrogen-bond acceptors (Lipinski definition) is 5. The van der Waals surface area contributed by atoms with Crippen LogP contribution in [0.5, 0.6) is 5.75 Å². The number of ether oxygens (including phenoxy) is 2. The Labute approximate surface area is 166 Å². The molecule has 0 radical (unpaired) electrons. The third kappa shape index (κ3) is 4.18. The molecule has 1 aromatic rings. The van der Waals surface area contributed by atoms with Crippen molar-refractivity contribution in [3.8, 4) is 5.75 Å². The van der Waals surface area contributed by atoms with Crippen molar-refractivity contribution in [1.82, 2.24) is 5.32 Å². The summed E-state index contributed by atoms with van der Waals surface area (Å²) < 4.78 is 11.8. The molecule has 6 heteroatoms. The second-order valence-electron chi connectivity index (χ2n) is 7.90. The maximum atomic E-state index is 12.2. The van der Waals surface area contributed by atoms with Crippen molar-refractivity contribution in [2.75, 3.05) is 6.61 Å². The number of hydrogen-bond donors (Lipinski definition) is 2. The number of nitrogens with zero attached hydrogens (tertiary/aromatic N) is 1. The molecule has 0 aromatic heterocycles. The Hall–Kier alpha value is -2.44. The second-order valence-corrected chi connectivity index (χ2v) is 7.90. The van der Waals surface area contributed by atoms with Crippen LogP contribution in [0.25, 0.3) is 0 Å². The lowest BCUT2D eigenvalue weighted by Crippen LogP contribution is -2.50. The van der Waals surface area contributed by atoms with Crippen LogP contribution >= 0.6 is 0 Å². The summed E-state index contributed by atoms with van der Waals surface area (Å²) in [5.41, 5.74) is 8.21. The van der Waals surface area contributed by atoms with Crippen LogP contribution in [-0.2, 0) is 21.6 Å². The van der Waals surface area contributed by atoms with E-state index in [1.807, 2.05) is 19.1 Å². The van der Waals surface area contributed by atoms with E-state index in [1.54, 1.807) is 26.0 Å². The van der Waals surface area contributed by atoms with E-state index in [4.69, 9.17) is 15.2 Å². The summed E-state index contributed by atoms with van der Waals surface area (Å²) in [6, 6.07) is 6.01. The minimum Gasteiger partial charge on any atom is -0.439 e. The Balaban J connectivity index is 1.77. The molecule has 0 bridgehead atoms. The Bertz CT molecular complexity index is 835. The fourth-order valence-electron chi connectivity index (χ4n) is 3.31. The van der Waals surface area contributed by atoms with Crippen LogP contribution in [0.15, 0.2) is 46.9 Å². The topological polar surface area (TPSA) is 85.9 Å². The smallest absolute Gasteiger partial charge is 0.243 e. The van der Waals surface area contributed by atoms with Gasteiger partial charge in [-0.3, -0.25) is 4.79 Å². The molecule has 0 unspecified atom stereocenters. The number of benzene rings is 1. The maximum Gasteiger partial charge on any atom is 0.243 e. The normalized spacial score (nSPS) is 20.1. The van der Waals surface area contributed by atoms with Gasteiger partial charge in [0, 0.05) is 22.8 Å². The van der Waals surface area contributed by atoms with Crippen LogP contribution < -0.4 is 15.8 Å². The maximum absolute atomic E-state index is 12.2. The van der Waals surface area contributed by atoms with Crippen LogP contribution in [0.2, 0.25) is 0 Å². The van der Waals surface area contributed by atoms with E-state index in [0.717, 1.165) is 25.2 Å². The summed E-state index contributed by atoms with van der Waals surface area (Å²) >= 11 is 0. The van der Waals surface area contributed by atoms with E-state index < -0.39 is 5.54 Å². The molecule has 1 aliphatic heterocycles. The second kappa shape index (κ2) is 7.89. The van der Waals surface area contributed by atoms with Crippen LogP contribution in [0, 0.1) is 0 Å². The third-order valence-electron chi connectivity index (χ3n) is 5.54. The first-order chi connectivity index (χ1) is 13.3. The number of carbonyl (C=O) groups excluding carboxylic acids is 1. The van der Waals surface area contributed by atoms with E-state index in [-0.39, 0.29) is 11.3 Å². The van der Waals surface area contributed by atoms with Crippen molar-refractivity contribution in [2.24, 2.45) is 10.7 Å². The van der Waals surface area contributed by atoms with Gasteiger partial charge in [-0.05, 0) is 57.5 Å². The Morgan fingerprint density at radius 3 is 2.86 bits per heavy atom.